The monoisotopic (exact) mass is 239 g/mol. The molecule has 0 unspecified atom stereocenters. The lowest BCUT2D eigenvalue weighted by molar-refractivity contribution is 0.0599. The second-order valence-electron chi connectivity index (χ2n) is 2.48. The number of carbonyl (C=O) groups is 1. The number of halogens is 4. The Morgan fingerprint density at radius 1 is 1.60 bits per heavy atom. The SMILES string of the molecule is COC(=O)c1cnc(C(F)F)c(F)c1Cl. The fourth-order valence-electron chi connectivity index (χ4n) is 0.883. The summed E-state index contributed by atoms with van der Waals surface area (Å²) in [5, 5.41) is -0.716. The molecule has 0 saturated carbocycles. The van der Waals surface area contributed by atoms with Crippen LogP contribution in [0.15, 0.2) is 6.20 Å². The summed E-state index contributed by atoms with van der Waals surface area (Å²) in [6.07, 6.45) is -2.34. The van der Waals surface area contributed by atoms with Gasteiger partial charge in [-0.1, -0.05) is 11.6 Å². The van der Waals surface area contributed by atoms with Gasteiger partial charge in [-0.2, -0.15) is 0 Å². The van der Waals surface area contributed by atoms with Gasteiger partial charge in [0.15, 0.2) is 5.82 Å². The number of hydrogen-bond donors (Lipinski definition) is 0. The highest BCUT2D eigenvalue weighted by Crippen LogP contribution is 2.27. The summed E-state index contributed by atoms with van der Waals surface area (Å²) in [6.45, 7) is 0. The molecule has 1 heterocycles. The number of alkyl halides is 2. The van der Waals surface area contributed by atoms with E-state index in [1.54, 1.807) is 0 Å². The van der Waals surface area contributed by atoms with E-state index in [1.807, 2.05) is 0 Å². The molecule has 0 aliphatic rings. The van der Waals surface area contributed by atoms with Crippen molar-refractivity contribution < 1.29 is 22.7 Å². The summed E-state index contributed by atoms with van der Waals surface area (Å²) >= 11 is 5.37. The first-order valence-corrected chi connectivity index (χ1v) is 4.07. The number of ether oxygens (including phenoxy) is 1. The molecule has 0 radical (unpaired) electrons. The Labute approximate surface area is 87.8 Å². The molecular formula is C8H5ClF3NO2. The lowest BCUT2D eigenvalue weighted by Crippen LogP contribution is -2.07. The van der Waals surface area contributed by atoms with Crippen molar-refractivity contribution in [2.24, 2.45) is 0 Å². The Kier molecular flexibility index (Phi) is 3.52. The highest BCUT2D eigenvalue weighted by molar-refractivity contribution is 6.33. The van der Waals surface area contributed by atoms with Crippen LogP contribution >= 0.6 is 11.6 Å². The van der Waals surface area contributed by atoms with Crippen LogP contribution in [0.25, 0.3) is 0 Å². The van der Waals surface area contributed by atoms with E-state index in [0.29, 0.717) is 0 Å². The minimum atomic E-state index is -3.09. The smallest absolute Gasteiger partial charge is 0.341 e. The predicted molar refractivity (Wildman–Crippen MR) is 45.5 cm³/mol. The number of pyridine rings is 1. The molecule has 0 N–H and O–H groups in total. The van der Waals surface area contributed by atoms with Gasteiger partial charge in [0.2, 0.25) is 0 Å². The molecule has 0 aliphatic carbocycles. The molecule has 0 saturated heterocycles. The number of rotatable bonds is 2. The van der Waals surface area contributed by atoms with Crippen LogP contribution in [-0.4, -0.2) is 18.1 Å². The number of nitrogens with zero attached hydrogens (tertiary/aromatic N) is 1. The number of hydrogen-bond acceptors (Lipinski definition) is 3. The molecule has 0 amide bonds. The van der Waals surface area contributed by atoms with E-state index in [2.05, 4.69) is 9.72 Å². The highest BCUT2D eigenvalue weighted by Gasteiger charge is 2.23. The molecule has 0 bridgehead atoms. The van der Waals surface area contributed by atoms with Gasteiger partial charge in [-0.25, -0.2) is 18.0 Å². The average Bonchev–Trinajstić information content (AvgIpc) is 2.20. The molecule has 3 nitrogen and oxygen atoms in total. The first-order valence-electron chi connectivity index (χ1n) is 3.69. The van der Waals surface area contributed by atoms with Gasteiger partial charge >= 0.3 is 5.97 Å². The maximum atomic E-state index is 13.1. The van der Waals surface area contributed by atoms with E-state index in [1.165, 1.54) is 0 Å². The van der Waals surface area contributed by atoms with Gasteiger partial charge in [-0.15, -0.1) is 0 Å². The van der Waals surface area contributed by atoms with Crippen molar-refractivity contribution in [2.45, 2.75) is 6.43 Å². The van der Waals surface area contributed by atoms with Gasteiger partial charge < -0.3 is 4.74 Å². The first kappa shape index (κ1) is 11.8. The van der Waals surface area contributed by atoms with E-state index < -0.39 is 28.9 Å². The van der Waals surface area contributed by atoms with Crippen LogP contribution in [0.3, 0.4) is 0 Å². The Morgan fingerprint density at radius 3 is 2.67 bits per heavy atom. The van der Waals surface area contributed by atoms with Gasteiger partial charge in [0.1, 0.15) is 5.69 Å². The highest BCUT2D eigenvalue weighted by atomic mass is 35.5. The topological polar surface area (TPSA) is 39.2 Å². The molecular weight excluding hydrogens is 235 g/mol. The number of carbonyl (C=O) groups excluding carboxylic acids is 1. The van der Waals surface area contributed by atoms with Crippen molar-refractivity contribution in [3.05, 3.63) is 28.3 Å². The van der Waals surface area contributed by atoms with E-state index >= 15 is 0 Å². The molecule has 15 heavy (non-hydrogen) atoms. The van der Waals surface area contributed by atoms with Crippen LogP contribution in [0.1, 0.15) is 22.5 Å². The maximum Gasteiger partial charge on any atom is 0.341 e. The van der Waals surface area contributed by atoms with Gasteiger partial charge in [0, 0.05) is 6.20 Å². The minimum absolute atomic E-state index is 0.388. The molecule has 0 aliphatic heterocycles. The number of aromatic nitrogens is 1. The van der Waals surface area contributed by atoms with Crippen molar-refractivity contribution >= 4 is 17.6 Å². The van der Waals surface area contributed by atoms with Crippen molar-refractivity contribution in [1.29, 1.82) is 0 Å². The predicted octanol–water partition coefficient (Wildman–Crippen LogP) is 2.60. The Morgan fingerprint density at radius 2 is 2.20 bits per heavy atom. The Balaban J connectivity index is 3.27. The van der Waals surface area contributed by atoms with Crippen molar-refractivity contribution in [1.82, 2.24) is 4.98 Å². The van der Waals surface area contributed by atoms with Crippen molar-refractivity contribution in [2.75, 3.05) is 7.11 Å². The van der Waals surface area contributed by atoms with Crippen LogP contribution in [0, 0.1) is 5.82 Å². The summed E-state index contributed by atoms with van der Waals surface area (Å²) in [6, 6.07) is 0. The average molecular weight is 240 g/mol. The molecule has 1 rings (SSSR count). The molecule has 0 fully saturated rings. The summed E-state index contributed by atoms with van der Waals surface area (Å²) in [4.78, 5) is 14.1. The van der Waals surface area contributed by atoms with Crippen molar-refractivity contribution in [3.8, 4) is 0 Å². The first-order chi connectivity index (χ1) is 6.99. The van der Waals surface area contributed by atoms with Crippen LogP contribution in [0.2, 0.25) is 5.02 Å². The van der Waals surface area contributed by atoms with Crippen LogP contribution in [0.5, 0.6) is 0 Å². The fraction of sp³-hybridized carbons (Fsp3) is 0.250. The minimum Gasteiger partial charge on any atom is -0.465 e. The third-order valence-electron chi connectivity index (χ3n) is 1.60. The second-order valence-corrected chi connectivity index (χ2v) is 2.86. The summed E-state index contributed by atoms with van der Waals surface area (Å²) in [5.41, 5.74) is -1.48. The van der Waals surface area contributed by atoms with Crippen LogP contribution in [0.4, 0.5) is 13.2 Å². The van der Waals surface area contributed by atoms with E-state index in [0.717, 1.165) is 13.3 Å². The third-order valence-corrected chi connectivity index (χ3v) is 1.97. The van der Waals surface area contributed by atoms with E-state index in [4.69, 9.17) is 11.6 Å². The quantitative estimate of drug-likeness (QED) is 0.745. The third kappa shape index (κ3) is 2.20. The molecule has 1 aromatic heterocycles. The van der Waals surface area contributed by atoms with Gasteiger partial charge in [-0.3, -0.25) is 4.98 Å². The Hall–Kier alpha value is -1.30. The zero-order valence-corrected chi connectivity index (χ0v) is 8.19. The van der Waals surface area contributed by atoms with Crippen molar-refractivity contribution in [3.63, 3.8) is 0 Å². The second kappa shape index (κ2) is 4.48. The number of methoxy groups -OCH3 is 1. The van der Waals surface area contributed by atoms with Crippen LogP contribution < -0.4 is 0 Å². The largest absolute Gasteiger partial charge is 0.465 e. The van der Waals surface area contributed by atoms with E-state index in [9.17, 15) is 18.0 Å². The fourth-order valence-corrected chi connectivity index (χ4v) is 1.11. The van der Waals surface area contributed by atoms with E-state index in [-0.39, 0.29) is 5.56 Å². The van der Waals surface area contributed by atoms with Crippen LogP contribution in [-0.2, 0) is 4.74 Å². The normalized spacial score (nSPS) is 10.5. The lowest BCUT2D eigenvalue weighted by Gasteiger charge is -2.06. The summed E-state index contributed by atoms with van der Waals surface area (Å²) < 4.78 is 41.7. The number of esters is 1. The lowest BCUT2D eigenvalue weighted by atomic mass is 10.2. The standard InChI is InChI=1S/C8H5ClF3NO2/c1-15-8(14)3-2-13-6(7(11)12)5(10)4(3)9/h2,7H,1H3. The molecule has 1 aromatic rings. The van der Waals surface area contributed by atoms with Gasteiger partial charge in [0.05, 0.1) is 17.7 Å². The summed E-state index contributed by atoms with van der Waals surface area (Å²) in [5.74, 6) is -2.35. The molecule has 0 atom stereocenters. The summed E-state index contributed by atoms with van der Waals surface area (Å²) in [7, 11) is 1.05. The van der Waals surface area contributed by atoms with Gasteiger partial charge in [-0.05, 0) is 0 Å². The zero-order valence-electron chi connectivity index (χ0n) is 7.43. The maximum absolute atomic E-state index is 13.1. The molecule has 0 spiro atoms. The molecule has 7 heteroatoms. The Bertz CT molecular complexity index is 398. The molecule has 0 aromatic carbocycles. The molecule has 82 valence electrons. The zero-order chi connectivity index (χ0) is 11.6. The van der Waals surface area contributed by atoms with Gasteiger partial charge in [0.25, 0.3) is 6.43 Å².